The lowest BCUT2D eigenvalue weighted by atomic mass is 9.91. The molecule has 48 heavy (non-hydrogen) atoms. The fraction of sp³-hybridized carbons (Fsp3) is 0.444. The van der Waals surface area contributed by atoms with Crippen molar-refractivity contribution in [3.63, 3.8) is 0 Å². The Labute approximate surface area is 283 Å². The molecule has 1 aliphatic carbocycles. The van der Waals surface area contributed by atoms with E-state index in [2.05, 4.69) is 44.7 Å². The predicted molar refractivity (Wildman–Crippen MR) is 187 cm³/mol. The van der Waals surface area contributed by atoms with Crippen molar-refractivity contribution < 1.29 is 27.5 Å². The van der Waals surface area contributed by atoms with Crippen molar-refractivity contribution in [1.29, 1.82) is 0 Å². The summed E-state index contributed by atoms with van der Waals surface area (Å²) in [6, 6.07) is 22.1. The van der Waals surface area contributed by atoms with E-state index < -0.39 is 45.5 Å². The SMILES string of the molecule is CCS(=O)(=O)Nc1cc(C(=O)NCC(=O)[C@@](C)(Cc2ccccc2)OC(=O)NC(C)(C)C)cc(N[C@H](Cc2ccccc2)[C@H]2C[C@@H]2C)n1. The summed E-state index contributed by atoms with van der Waals surface area (Å²) in [5.41, 5.74) is -0.166. The lowest BCUT2D eigenvalue weighted by Crippen LogP contribution is -2.51. The number of ketones is 1. The predicted octanol–water partition coefficient (Wildman–Crippen LogP) is 5.35. The quantitative estimate of drug-likeness (QED) is 0.168. The molecule has 0 aliphatic heterocycles. The van der Waals surface area contributed by atoms with Gasteiger partial charge in [-0.25, -0.2) is 18.2 Å². The molecule has 4 atom stereocenters. The molecule has 12 heteroatoms. The van der Waals surface area contributed by atoms with Crippen LogP contribution in [0.4, 0.5) is 16.4 Å². The van der Waals surface area contributed by atoms with Crippen LogP contribution in [0.2, 0.25) is 0 Å². The Balaban J connectivity index is 1.56. The Bertz CT molecular complexity index is 1690. The molecule has 1 heterocycles. The third-order valence-electron chi connectivity index (χ3n) is 8.23. The average molecular weight is 678 g/mol. The maximum atomic E-state index is 13.7. The molecule has 0 spiro atoms. The molecule has 4 N–H and O–H groups in total. The summed E-state index contributed by atoms with van der Waals surface area (Å²) in [5.74, 6) is -0.104. The van der Waals surface area contributed by atoms with E-state index >= 15 is 0 Å². The Kier molecular flexibility index (Phi) is 11.5. The third kappa shape index (κ3) is 10.8. The Morgan fingerprint density at radius 3 is 2.08 bits per heavy atom. The first-order chi connectivity index (χ1) is 22.6. The molecule has 1 fully saturated rings. The first-order valence-electron chi connectivity index (χ1n) is 16.3. The van der Waals surface area contributed by atoms with E-state index in [0.29, 0.717) is 17.7 Å². The van der Waals surface area contributed by atoms with Gasteiger partial charge >= 0.3 is 6.09 Å². The number of carbonyl (C=O) groups is 3. The number of hydrogen-bond acceptors (Lipinski definition) is 8. The number of amides is 2. The summed E-state index contributed by atoms with van der Waals surface area (Å²) in [6.45, 7) is 10.2. The average Bonchev–Trinajstić information content (AvgIpc) is 3.75. The number of anilines is 2. The van der Waals surface area contributed by atoms with Crippen LogP contribution in [0, 0.1) is 11.8 Å². The van der Waals surface area contributed by atoms with Crippen molar-refractivity contribution in [1.82, 2.24) is 15.6 Å². The fourth-order valence-electron chi connectivity index (χ4n) is 5.46. The van der Waals surface area contributed by atoms with Crippen LogP contribution in [0.15, 0.2) is 72.8 Å². The van der Waals surface area contributed by atoms with E-state index in [1.54, 1.807) is 26.8 Å². The maximum Gasteiger partial charge on any atom is 0.408 e. The summed E-state index contributed by atoms with van der Waals surface area (Å²) >= 11 is 0. The van der Waals surface area contributed by atoms with Gasteiger partial charge in [0.15, 0.2) is 11.4 Å². The minimum atomic E-state index is -3.70. The molecule has 0 unspecified atom stereocenters. The molecule has 2 amide bonds. The summed E-state index contributed by atoms with van der Waals surface area (Å²) in [4.78, 5) is 44.5. The number of hydrogen-bond donors (Lipinski definition) is 4. The number of Topliss-reactive ketones (excluding diaryl/α,β-unsaturated/α-hetero) is 1. The van der Waals surface area contributed by atoms with Crippen LogP contribution >= 0.6 is 0 Å². The maximum absolute atomic E-state index is 13.7. The van der Waals surface area contributed by atoms with Crippen LogP contribution in [-0.2, 0) is 32.4 Å². The molecule has 4 rings (SSSR count). The second-order valence-electron chi connectivity index (χ2n) is 13.7. The number of ether oxygens (including phenoxy) is 1. The van der Waals surface area contributed by atoms with Crippen molar-refractivity contribution in [3.05, 3.63) is 89.5 Å². The highest BCUT2D eigenvalue weighted by Crippen LogP contribution is 2.42. The van der Waals surface area contributed by atoms with Crippen molar-refractivity contribution in [2.24, 2.45) is 11.8 Å². The summed E-state index contributed by atoms with van der Waals surface area (Å²) in [5, 5.41) is 8.82. The van der Waals surface area contributed by atoms with E-state index in [1.807, 2.05) is 48.5 Å². The van der Waals surface area contributed by atoms with Gasteiger partial charge in [-0.3, -0.25) is 14.3 Å². The molecule has 1 aliphatic rings. The van der Waals surface area contributed by atoms with Gasteiger partial charge in [0.2, 0.25) is 10.0 Å². The molecule has 2 aromatic carbocycles. The van der Waals surface area contributed by atoms with Gasteiger partial charge in [0.05, 0.1) is 12.3 Å². The highest BCUT2D eigenvalue weighted by atomic mass is 32.2. The Morgan fingerprint density at radius 1 is 0.938 bits per heavy atom. The number of nitrogens with zero attached hydrogens (tertiary/aromatic N) is 1. The standard InChI is InChI=1S/C36H47N5O6S/c1-7-48(45,46)41-32-21-27(20-31(39-32)38-29(28-18-24(28)2)19-25-14-10-8-11-15-25)33(43)37-23-30(42)36(6,22-26-16-12-9-13-17-26)47-34(44)40-35(3,4)5/h8-17,20-21,24,28-29H,7,18-19,22-23H2,1-6H3,(H,37,43)(H,40,44)(H2,38,39,41)/t24-,28-,29+,36+/m0/s1. The smallest absolute Gasteiger partial charge is 0.408 e. The number of benzene rings is 2. The second kappa shape index (κ2) is 15.2. The first kappa shape index (κ1) is 36.4. The van der Waals surface area contributed by atoms with Crippen molar-refractivity contribution in [2.45, 2.75) is 78.0 Å². The van der Waals surface area contributed by atoms with E-state index in [4.69, 9.17) is 4.74 Å². The molecular weight excluding hydrogens is 630 g/mol. The molecule has 0 saturated heterocycles. The number of nitrogens with one attached hydrogen (secondary N) is 4. The minimum absolute atomic E-state index is 0.000471. The minimum Gasteiger partial charge on any atom is -0.435 e. The number of sulfonamides is 1. The molecule has 3 aromatic rings. The molecular formula is C36H47N5O6S. The monoisotopic (exact) mass is 677 g/mol. The number of rotatable bonds is 15. The van der Waals surface area contributed by atoms with Crippen LogP contribution in [0.5, 0.6) is 0 Å². The van der Waals surface area contributed by atoms with Gasteiger partial charge in [-0.15, -0.1) is 0 Å². The van der Waals surface area contributed by atoms with Gasteiger partial charge in [0, 0.05) is 23.6 Å². The largest absolute Gasteiger partial charge is 0.435 e. The number of carbonyl (C=O) groups excluding carboxylic acids is 3. The lowest BCUT2D eigenvalue weighted by Gasteiger charge is -2.30. The second-order valence-corrected chi connectivity index (χ2v) is 15.7. The van der Waals surface area contributed by atoms with Crippen molar-refractivity contribution >= 4 is 39.4 Å². The van der Waals surface area contributed by atoms with Crippen molar-refractivity contribution in [2.75, 3.05) is 22.3 Å². The van der Waals surface area contributed by atoms with Gasteiger partial charge in [-0.05, 0) is 82.6 Å². The van der Waals surface area contributed by atoms with Crippen LogP contribution < -0.4 is 20.7 Å². The third-order valence-corrected chi connectivity index (χ3v) is 9.51. The van der Waals surface area contributed by atoms with Gasteiger partial charge < -0.3 is 20.7 Å². The van der Waals surface area contributed by atoms with Gasteiger partial charge in [0.1, 0.15) is 11.6 Å². The molecule has 1 aromatic heterocycles. The van der Waals surface area contributed by atoms with E-state index in [0.717, 1.165) is 24.0 Å². The van der Waals surface area contributed by atoms with Crippen LogP contribution in [0.25, 0.3) is 0 Å². The summed E-state index contributed by atoms with van der Waals surface area (Å²) in [6.07, 6.45) is 1.10. The van der Waals surface area contributed by atoms with Crippen LogP contribution in [0.3, 0.4) is 0 Å². The van der Waals surface area contributed by atoms with Crippen LogP contribution in [-0.4, -0.2) is 60.7 Å². The van der Waals surface area contributed by atoms with Crippen molar-refractivity contribution in [3.8, 4) is 0 Å². The highest BCUT2D eigenvalue weighted by Gasteiger charge is 2.40. The molecule has 1 saturated carbocycles. The molecule has 0 radical (unpaired) electrons. The zero-order valence-electron chi connectivity index (χ0n) is 28.5. The van der Waals surface area contributed by atoms with Gasteiger partial charge in [0.25, 0.3) is 5.91 Å². The zero-order valence-corrected chi connectivity index (χ0v) is 29.3. The van der Waals surface area contributed by atoms with Crippen LogP contribution in [0.1, 0.15) is 69.4 Å². The summed E-state index contributed by atoms with van der Waals surface area (Å²) in [7, 11) is -3.70. The highest BCUT2D eigenvalue weighted by molar-refractivity contribution is 7.92. The van der Waals surface area contributed by atoms with E-state index in [-0.39, 0.29) is 29.6 Å². The number of pyridine rings is 1. The number of alkyl carbamates (subject to hydrolysis) is 1. The first-order valence-corrected chi connectivity index (χ1v) is 17.9. The van der Waals surface area contributed by atoms with E-state index in [9.17, 15) is 22.8 Å². The van der Waals surface area contributed by atoms with E-state index in [1.165, 1.54) is 19.9 Å². The Hall–Kier alpha value is -4.45. The normalized spacial score (nSPS) is 17.7. The lowest BCUT2D eigenvalue weighted by molar-refractivity contribution is -0.135. The zero-order chi connectivity index (χ0) is 35.1. The molecule has 0 bridgehead atoms. The fourth-order valence-corrected chi connectivity index (χ4v) is 6.03. The van der Waals surface area contributed by atoms with Gasteiger partial charge in [-0.1, -0.05) is 67.6 Å². The molecule has 11 nitrogen and oxygen atoms in total. The summed E-state index contributed by atoms with van der Waals surface area (Å²) < 4.78 is 33.1. The van der Waals surface area contributed by atoms with Gasteiger partial charge in [-0.2, -0.15) is 0 Å². The Morgan fingerprint density at radius 2 is 1.52 bits per heavy atom. The molecule has 258 valence electrons. The number of aromatic nitrogens is 1. The topological polar surface area (TPSA) is 156 Å².